The van der Waals surface area contributed by atoms with Crippen molar-refractivity contribution in [1.29, 1.82) is 0 Å². The second kappa shape index (κ2) is 11.5. The molecule has 0 saturated carbocycles. The lowest BCUT2D eigenvalue weighted by atomic mass is 10.2. The molecule has 2 aromatic rings. The van der Waals surface area contributed by atoms with Crippen LogP contribution in [-0.4, -0.2) is 56.5 Å². The van der Waals surface area contributed by atoms with Gasteiger partial charge in [0.2, 0.25) is 5.89 Å². The molecule has 0 spiro atoms. The van der Waals surface area contributed by atoms with E-state index in [1.165, 1.54) is 12.1 Å². The predicted octanol–water partition coefficient (Wildman–Crippen LogP) is 2.77. The number of guanidine groups is 1. The van der Waals surface area contributed by atoms with E-state index < -0.39 is 0 Å². The third kappa shape index (κ3) is 7.14. The quantitative estimate of drug-likeness (QED) is 0.360. The second-order valence-corrected chi connectivity index (χ2v) is 6.80. The Balaban J connectivity index is 1.38. The summed E-state index contributed by atoms with van der Waals surface area (Å²) < 4.78 is 29.6. The van der Waals surface area contributed by atoms with E-state index in [-0.39, 0.29) is 11.9 Å². The van der Waals surface area contributed by atoms with Gasteiger partial charge in [-0.05, 0) is 44.0 Å². The van der Waals surface area contributed by atoms with Crippen LogP contribution in [0.25, 0.3) is 11.5 Å². The standard InChI is InChI=1S/C21H29FN4O3/c1-2-23-21(24-10-3-12-28-19-9-13-27-15-19)25-11-8-18-14-29-20(26-18)16-4-6-17(22)7-5-16/h4-7,14,19H,2-3,8-13,15H2,1H3,(H2,23,24,25). The molecule has 0 bridgehead atoms. The van der Waals surface area contributed by atoms with Gasteiger partial charge in [0, 0.05) is 44.8 Å². The molecule has 1 aromatic carbocycles. The van der Waals surface area contributed by atoms with Crippen molar-refractivity contribution in [3.05, 3.63) is 42.0 Å². The minimum absolute atomic E-state index is 0.243. The predicted molar refractivity (Wildman–Crippen MR) is 109 cm³/mol. The molecule has 7 nitrogen and oxygen atoms in total. The van der Waals surface area contributed by atoms with Crippen LogP contribution >= 0.6 is 0 Å². The van der Waals surface area contributed by atoms with E-state index in [0.717, 1.165) is 43.2 Å². The SMILES string of the molecule is CCNC(=NCCCOC1CCOC1)NCCc1coc(-c2ccc(F)cc2)n1. The maximum atomic E-state index is 13.0. The Labute approximate surface area is 170 Å². The number of hydrogen-bond acceptors (Lipinski definition) is 5. The van der Waals surface area contributed by atoms with Gasteiger partial charge in [-0.25, -0.2) is 9.37 Å². The first-order chi connectivity index (χ1) is 14.2. The van der Waals surface area contributed by atoms with Gasteiger partial charge in [0.25, 0.3) is 0 Å². The van der Waals surface area contributed by atoms with Crippen LogP contribution in [-0.2, 0) is 15.9 Å². The monoisotopic (exact) mass is 404 g/mol. The fourth-order valence-corrected chi connectivity index (χ4v) is 2.95. The summed E-state index contributed by atoms with van der Waals surface area (Å²) in [5.41, 5.74) is 1.59. The van der Waals surface area contributed by atoms with Gasteiger partial charge in [0.05, 0.1) is 18.4 Å². The van der Waals surface area contributed by atoms with Crippen molar-refractivity contribution in [1.82, 2.24) is 15.6 Å². The van der Waals surface area contributed by atoms with Crippen molar-refractivity contribution in [2.45, 2.75) is 32.3 Å². The molecule has 2 heterocycles. The highest BCUT2D eigenvalue weighted by molar-refractivity contribution is 5.79. The van der Waals surface area contributed by atoms with Gasteiger partial charge in [-0.15, -0.1) is 0 Å². The zero-order valence-electron chi connectivity index (χ0n) is 16.8. The molecular weight excluding hydrogens is 375 g/mol. The van der Waals surface area contributed by atoms with Crippen molar-refractivity contribution in [3.63, 3.8) is 0 Å². The number of halogens is 1. The van der Waals surface area contributed by atoms with E-state index in [1.807, 2.05) is 6.92 Å². The number of oxazole rings is 1. The fraction of sp³-hybridized carbons (Fsp3) is 0.524. The van der Waals surface area contributed by atoms with Crippen molar-refractivity contribution in [2.24, 2.45) is 4.99 Å². The third-order valence-corrected chi connectivity index (χ3v) is 4.47. The molecule has 8 heteroatoms. The zero-order chi connectivity index (χ0) is 20.3. The lowest BCUT2D eigenvalue weighted by Gasteiger charge is -2.11. The Bertz CT molecular complexity index is 758. The molecule has 1 unspecified atom stereocenters. The van der Waals surface area contributed by atoms with E-state index in [1.54, 1.807) is 18.4 Å². The molecule has 2 N–H and O–H groups in total. The lowest BCUT2D eigenvalue weighted by molar-refractivity contribution is 0.0424. The van der Waals surface area contributed by atoms with Gasteiger partial charge in [0.1, 0.15) is 12.1 Å². The van der Waals surface area contributed by atoms with E-state index >= 15 is 0 Å². The molecular formula is C21H29FN4O3. The van der Waals surface area contributed by atoms with Crippen LogP contribution in [0.15, 0.2) is 39.9 Å². The van der Waals surface area contributed by atoms with Crippen LogP contribution in [0, 0.1) is 5.82 Å². The van der Waals surface area contributed by atoms with Gasteiger partial charge in [-0.2, -0.15) is 0 Å². The number of aliphatic imine (C=N–C) groups is 1. The summed E-state index contributed by atoms with van der Waals surface area (Å²) in [6, 6.07) is 6.10. The molecule has 1 atom stereocenters. The smallest absolute Gasteiger partial charge is 0.226 e. The number of aromatic nitrogens is 1. The molecule has 29 heavy (non-hydrogen) atoms. The first-order valence-electron chi connectivity index (χ1n) is 10.2. The maximum Gasteiger partial charge on any atom is 0.226 e. The molecule has 0 aliphatic carbocycles. The molecule has 0 amide bonds. The van der Waals surface area contributed by atoms with Crippen LogP contribution in [0.5, 0.6) is 0 Å². The van der Waals surface area contributed by atoms with Gasteiger partial charge in [0.15, 0.2) is 5.96 Å². The maximum absolute atomic E-state index is 13.0. The highest BCUT2D eigenvalue weighted by atomic mass is 19.1. The summed E-state index contributed by atoms with van der Waals surface area (Å²) in [6.07, 6.45) is 4.43. The summed E-state index contributed by atoms with van der Waals surface area (Å²) in [6.45, 7) is 6.40. The zero-order valence-corrected chi connectivity index (χ0v) is 16.8. The average Bonchev–Trinajstić information content (AvgIpc) is 3.40. The van der Waals surface area contributed by atoms with Crippen molar-refractivity contribution in [3.8, 4) is 11.5 Å². The Kier molecular flexibility index (Phi) is 8.45. The topological polar surface area (TPSA) is 80.9 Å². The van der Waals surface area contributed by atoms with Crippen LogP contribution < -0.4 is 10.6 Å². The summed E-state index contributed by atoms with van der Waals surface area (Å²) >= 11 is 0. The van der Waals surface area contributed by atoms with Gasteiger partial charge in [-0.3, -0.25) is 4.99 Å². The first kappa shape index (κ1) is 21.3. The van der Waals surface area contributed by atoms with Crippen LogP contribution in [0.1, 0.15) is 25.5 Å². The number of rotatable bonds is 10. The fourth-order valence-electron chi connectivity index (χ4n) is 2.95. The van der Waals surface area contributed by atoms with Crippen molar-refractivity contribution in [2.75, 3.05) is 39.5 Å². The highest BCUT2D eigenvalue weighted by Crippen LogP contribution is 2.19. The van der Waals surface area contributed by atoms with E-state index in [0.29, 0.717) is 38.6 Å². The largest absolute Gasteiger partial charge is 0.444 e. The minimum atomic E-state index is -0.279. The Hall–Kier alpha value is -2.45. The molecule has 1 saturated heterocycles. The van der Waals surface area contributed by atoms with Crippen LogP contribution in [0.2, 0.25) is 0 Å². The van der Waals surface area contributed by atoms with E-state index in [9.17, 15) is 4.39 Å². The second-order valence-electron chi connectivity index (χ2n) is 6.80. The lowest BCUT2D eigenvalue weighted by Crippen LogP contribution is -2.38. The number of hydrogen-bond donors (Lipinski definition) is 2. The normalized spacial score (nSPS) is 16.9. The van der Waals surface area contributed by atoms with E-state index in [2.05, 4.69) is 20.6 Å². The third-order valence-electron chi connectivity index (χ3n) is 4.47. The van der Waals surface area contributed by atoms with Crippen molar-refractivity contribution < 1.29 is 18.3 Å². The number of ether oxygens (including phenoxy) is 2. The molecule has 1 aliphatic rings. The molecule has 1 aromatic heterocycles. The summed E-state index contributed by atoms with van der Waals surface area (Å²) in [7, 11) is 0. The number of benzene rings is 1. The number of nitrogens with one attached hydrogen (secondary N) is 2. The van der Waals surface area contributed by atoms with Gasteiger partial charge < -0.3 is 24.5 Å². The van der Waals surface area contributed by atoms with Crippen LogP contribution in [0.4, 0.5) is 4.39 Å². The summed E-state index contributed by atoms with van der Waals surface area (Å²) in [5.74, 6) is 0.992. The first-order valence-corrected chi connectivity index (χ1v) is 10.2. The molecule has 3 rings (SSSR count). The Morgan fingerprint density at radius 2 is 2.17 bits per heavy atom. The Morgan fingerprint density at radius 3 is 2.93 bits per heavy atom. The molecule has 1 aliphatic heterocycles. The van der Waals surface area contributed by atoms with Crippen molar-refractivity contribution >= 4 is 5.96 Å². The van der Waals surface area contributed by atoms with Gasteiger partial charge in [-0.1, -0.05) is 0 Å². The minimum Gasteiger partial charge on any atom is -0.444 e. The number of nitrogens with zero attached hydrogens (tertiary/aromatic N) is 2. The summed E-state index contributed by atoms with van der Waals surface area (Å²) in [5, 5.41) is 6.54. The summed E-state index contributed by atoms with van der Waals surface area (Å²) in [4.78, 5) is 9.03. The van der Waals surface area contributed by atoms with Gasteiger partial charge >= 0.3 is 0 Å². The molecule has 1 fully saturated rings. The molecule has 158 valence electrons. The average molecular weight is 404 g/mol. The highest BCUT2D eigenvalue weighted by Gasteiger charge is 2.15. The Morgan fingerprint density at radius 1 is 1.31 bits per heavy atom. The van der Waals surface area contributed by atoms with E-state index in [4.69, 9.17) is 13.9 Å². The molecule has 0 radical (unpaired) electrons. The van der Waals surface area contributed by atoms with Crippen LogP contribution in [0.3, 0.4) is 0 Å².